The summed E-state index contributed by atoms with van der Waals surface area (Å²) in [7, 11) is 0. The van der Waals surface area contributed by atoms with Crippen molar-refractivity contribution in [1.82, 2.24) is 0 Å². The molecular formula is C13H17F3N2O. The molecule has 1 aliphatic heterocycles. The fourth-order valence-electron chi connectivity index (χ4n) is 2.36. The monoisotopic (exact) mass is 274 g/mol. The molecule has 0 spiro atoms. The molecular weight excluding hydrogens is 257 g/mol. The normalized spacial score (nSPS) is 24.0. The van der Waals surface area contributed by atoms with E-state index in [1.54, 1.807) is 17.9 Å². The van der Waals surface area contributed by atoms with Gasteiger partial charge in [0.2, 0.25) is 0 Å². The van der Waals surface area contributed by atoms with Crippen LogP contribution in [0.5, 0.6) is 0 Å². The second-order valence-electron chi connectivity index (χ2n) is 5.22. The first-order chi connectivity index (χ1) is 8.73. The van der Waals surface area contributed by atoms with Crippen LogP contribution in [0.15, 0.2) is 18.2 Å². The van der Waals surface area contributed by atoms with Crippen molar-refractivity contribution >= 4 is 5.69 Å². The highest BCUT2D eigenvalue weighted by atomic mass is 19.4. The second kappa shape index (κ2) is 4.68. The van der Waals surface area contributed by atoms with E-state index in [1.165, 1.54) is 6.07 Å². The Morgan fingerprint density at radius 3 is 2.58 bits per heavy atom. The summed E-state index contributed by atoms with van der Waals surface area (Å²) >= 11 is 0. The van der Waals surface area contributed by atoms with Crippen LogP contribution in [0.3, 0.4) is 0 Å². The summed E-state index contributed by atoms with van der Waals surface area (Å²) in [6, 6.07) is 4.12. The molecule has 2 rings (SSSR count). The Balaban J connectivity index is 2.40. The molecule has 0 amide bonds. The maximum absolute atomic E-state index is 13.1. The lowest BCUT2D eigenvalue weighted by molar-refractivity contribution is -0.137. The van der Waals surface area contributed by atoms with Gasteiger partial charge in [0.25, 0.3) is 0 Å². The second-order valence-corrected chi connectivity index (χ2v) is 5.22. The molecule has 6 heteroatoms. The minimum absolute atomic E-state index is 0.0705. The summed E-state index contributed by atoms with van der Waals surface area (Å²) in [5.41, 5.74) is 4.33. The number of alkyl halides is 3. The van der Waals surface area contributed by atoms with Crippen LogP contribution in [0, 0.1) is 0 Å². The van der Waals surface area contributed by atoms with E-state index in [1.807, 2.05) is 0 Å². The fraction of sp³-hybridized carbons (Fsp3) is 0.538. The third-order valence-electron chi connectivity index (χ3n) is 3.39. The van der Waals surface area contributed by atoms with Gasteiger partial charge in [-0.05, 0) is 31.0 Å². The predicted octanol–water partition coefficient (Wildman–Crippen LogP) is 2.13. The molecule has 3 N–H and O–H groups in total. The zero-order chi connectivity index (χ0) is 14.3. The first kappa shape index (κ1) is 14.1. The summed E-state index contributed by atoms with van der Waals surface area (Å²) in [4.78, 5) is 1.57. The van der Waals surface area contributed by atoms with Crippen molar-refractivity contribution in [1.29, 1.82) is 0 Å². The molecule has 19 heavy (non-hydrogen) atoms. The molecule has 1 heterocycles. The van der Waals surface area contributed by atoms with Gasteiger partial charge in [0, 0.05) is 25.3 Å². The highest BCUT2D eigenvalue weighted by Gasteiger charge is 2.38. The molecule has 3 nitrogen and oxygen atoms in total. The van der Waals surface area contributed by atoms with E-state index in [2.05, 4.69) is 0 Å². The van der Waals surface area contributed by atoms with Crippen LogP contribution < -0.4 is 10.6 Å². The van der Waals surface area contributed by atoms with Crippen molar-refractivity contribution in [3.63, 3.8) is 0 Å². The SMILES string of the molecule is CC1(O)CCN(c2ccc(CN)cc2C(F)(F)F)C1. The predicted molar refractivity (Wildman–Crippen MR) is 66.8 cm³/mol. The standard InChI is InChI=1S/C13H17F3N2O/c1-12(19)4-5-18(8-12)11-3-2-9(7-17)6-10(11)13(14,15)16/h2-3,6,19H,4-5,7-8,17H2,1H3. The van der Waals surface area contributed by atoms with Gasteiger partial charge in [-0.1, -0.05) is 6.07 Å². The third kappa shape index (κ3) is 3.01. The lowest BCUT2D eigenvalue weighted by Gasteiger charge is -2.25. The van der Waals surface area contributed by atoms with Crippen molar-refractivity contribution < 1.29 is 18.3 Å². The number of nitrogens with two attached hydrogens (primary N) is 1. The number of nitrogens with zero attached hydrogens (tertiary/aromatic N) is 1. The van der Waals surface area contributed by atoms with Crippen LogP contribution in [0.1, 0.15) is 24.5 Å². The van der Waals surface area contributed by atoms with E-state index < -0.39 is 17.3 Å². The van der Waals surface area contributed by atoms with Gasteiger partial charge in [-0.25, -0.2) is 0 Å². The van der Waals surface area contributed by atoms with Crippen molar-refractivity contribution in [2.75, 3.05) is 18.0 Å². The van der Waals surface area contributed by atoms with Crippen LogP contribution in [0.4, 0.5) is 18.9 Å². The van der Waals surface area contributed by atoms with Gasteiger partial charge >= 0.3 is 6.18 Å². The Bertz CT molecular complexity index is 471. The highest BCUT2D eigenvalue weighted by molar-refractivity contribution is 5.57. The molecule has 1 aliphatic rings. The Hall–Kier alpha value is -1.27. The molecule has 0 radical (unpaired) electrons. The van der Waals surface area contributed by atoms with Gasteiger partial charge in [0.15, 0.2) is 0 Å². The number of halogens is 3. The Labute approximate surface area is 109 Å². The first-order valence-corrected chi connectivity index (χ1v) is 6.10. The van der Waals surface area contributed by atoms with Gasteiger partial charge in [-0.3, -0.25) is 0 Å². The van der Waals surface area contributed by atoms with E-state index in [-0.39, 0.29) is 18.8 Å². The van der Waals surface area contributed by atoms with Gasteiger partial charge in [0.05, 0.1) is 11.2 Å². The molecule has 106 valence electrons. The molecule has 0 saturated carbocycles. The number of benzene rings is 1. The summed E-state index contributed by atoms with van der Waals surface area (Å²) in [5, 5.41) is 9.88. The van der Waals surface area contributed by atoms with Crippen molar-refractivity contribution in [3.8, 4) is 0 Å². The minimum atomic E-state index is -4.42. The maximum Gasteiger partial charge on any atom is 0.418 e. The zero-order valence-corrected chi connectivity index (χ0v) is 10.7. The third-order valence-corrected chi connectivity index (χ3v) is 3.39. The van der Waals surface area contributed by atoms with Gasteiger partial charge in [0.1, 0.15) is 0 Å². The largest absolute Gasteiger partial charge is 0.418 e. The molecule has 0 aromatic heterocycles. The highest BCUT2D eigenvalue weighted by Crippen LogP contribution is 2.39. The molecule has 1 aromatic carbocycles. The van der Waals surface area contributed by atoms with E-state index in [9.17, 15) is 18.3 Å². The molecule has 0 bridgehead atoms. The molecule has 1 fully saturated rings. The summed E-state index contributed by atoms with van der Waals surface area (Å²) < 4.78 is 39.2. The van der Waals surface area contributed by atoms with Gasteiger partial charge in [-0.15, -0.1) is 0 Å². The first-order valence-electron chi connectivity index (χ1n) is 6.10. The smallest absolute Gasteiger partial charge is 0.388 e. The average Bonchev–Trinajstić information content (AvgIpc) is 2.67. The zero-order valence-electron chi connectivity index (χ0n) is 10.7. The number of hydrogen-bond donors (Lipinski definition) is 2. The quantitative estimate of drug-likeness (QED) is 0.868. The maximum atomic E-state index is 13.1. The average molecular weight is 274 g/mol. The Morgan fingerprint density at radius 1 is 1.42 bits per heavy atom. The summed E-state index contributed by atoms with van der Waals surface area (Å²) in [6.45, 7) is 2.33. The van der Waals surface area contributed by atoms with Crippen LogP contribution >= 0.6 is 0 Å². The van der Waals surface area contributed by atoms with E-state index >= 15 is 0 Å². The van der Waals surface area contributed by atoms with Crippen LogP contribution in [0.2, 0.25) is 0 Å². The van der Waals surface area contributed by atoms with Crippen molar-refractivity contribution in [3.05, 3.63) is 29.3 Å². The van der Waals surface area contributed by atoms with E-state index in [4.69, 9.17) is 5.73 Å². The topological polar surface area (TPSA) is 49.5 Å². The fourth-order valence-corrected chi connectivity index (χ4v) is 2.36. The van der Waals surface area contributed by atoms with Crippen molar-refractivity contribution in [2.45, 2.75) is 31.7 Å². The van der Waals surface area contributed by atoms with E-state index in [0.29, 0.717) is 18.5 Å². The van der Waals surface area contributed by atoms with Crippen LogP contribution in [-0.2, 0) is 12.7 Å². The van der Waals surface area contributed by atoms with E-state index in [0.717, 1.165) is 6.07 Å². The number of hydrogen-bond acceptors (Lipinski definition) is 3. The molecule has 1 unspecified atom stereocenters. The Morgan fingerprint density at radius 2 is 2.11 bits per heavy atom. The molecule has 1 saturated heterocycles. The summed E-state index contributed by atoms with van der Waals surface area (Å²) in [6.07, 6.45) is -3.96. The van der Waals surface area contributed by atoms with Crippen LogP contribution in [-0.4, -0.2) is 23.8 Å². The number of β-amino-alcohol motifs (C(OH)–C–C–N with tert-alkyl or cyclic N) is 1. The molecule has 0 aliphatic carbocycles. The molecule has 1 atom stereocenters. The lowest BCUT2D eigenvalue weighted by Crippen LogP contribution is -2.30. The minimum Gasteiger partial charge on any atom is -0.388 e. The summed E-state index contributed by atoms with van der Waals surface area (Å²) in [5.74, 6) is 0. The number of anilines is 1. The van der Waals surface area contributed by atoms with Crippen LogP contribution in [0.25, 0.3) is 0 Å². The number of rotatable bonds is 2. The van der Waals surface area contributed by atoms with Crippen molar-refractivity contribution in [2.24, 2.45) is 5.73 Å². The van der Waals surface area contributed by atoms with Gasteiger partial charge in [-0.2, -0.15) is 13.2 Å². The molecule has 1 aromatic rings. The Kier molecular flexibility index (Phi) is 3.49. The van der Waals surface area contributed by atoms with Gasteiger partial charge < -0.3 is 15.7 Å². The lowest BCUT2D eigenvalue weighted by atomic mass is 10.1. The number of aliphatic hydroxyl groups is 1.